The average Bonchev–Trinajstić information content (AvgIpc) is 2.28. The predicted molar refractivity (Wildman–Crippen MR) is 75.3 cm³/mol. The molecule has 0 amide bonds. The number of aromatic nitrogens is 2. The van der Waals surface area contributed by atoms with E-state index in [0.717, 1.165) is 31.0 Å². The first-order valence-electron chi connectivity index (χ1n) is 6.58. The predicted octanol–water partition coefficient (Wildman–Crippen LogP) is 3.85. The molecule has 2 rings (SSSR count). The average molecular weight is 266 g/mol. The zero-order valence-corrected chi connectivity index (χ0v) is 12.5. The minimum Gasteiger partial charge on any atom is -0.367 e. The van der Waals surface area contributed by atoms with E-state index in [4.69, 9.17) is 17.0 Å². The zero-order valence-electron chi connectivity index (χ0n) is 11.7. The van der Waals surface area contributed by atoms with Gasteiger partial charge in [0.2, 0.25) is 0 Å². The van der Waals surface area contributed by atoms with Crippen LogP contribution in [-0.4, -0.2) is 16.6 Å². The number of nitrogens with one attached hydrogen (secondary N) is 1. The van der Waals surface area contributed by atoms with Crippen LogP contribution in [-0.2, 0) is 15.8 Å². The largest absolute Gasteiger partial charge is 0.367 e. The van der Waals surface area contributed by atoms with Gasteiger partial charge in [-0.3, -0.25) is 0 Å². The summed E-state index contributed by atoms with van der Waals surface area (Å²) in [5.74, 6) is 0.875. The third-order valence-electron chi connectivity index (χ3n) is 3.52. The van der Waals surface area contributed by atoms with E-state index in [9.17, 15) is 0 Å². The molecule has 2 heterocycles. The number of hydrogen-bond donors (Lipinski definition) is 1. The minimum atomic E-state index is -0.312. The molecule has 1 aliphatic rings. The van der Waals surface area contributed by atoms with Crippen LogP contribution in [0.4, 0.5) is 0 Å². The monoisotopic (exact) mass is 266 g/mol. The van der Waals surface area contributed by atoms with E-state index in [1.54, 1.807) is 0 Å². The molecule has 1 fully saturated rings. The summed E-state index contributed by atoms with van der Waals surface area (Å²) in [6, 6.07) is 1.95. The summed E-state index contributed by atoms with van der Waals surface area (Å²) in [4.78, 5) is 7.91. The molecular formula is C14H22N2OS. The Hall–Kier alpha value is -0.740. The lowest BCUT2D eigenvalue weighted by Crippen LogP contribution is -2.33. The van der Waals surface area contributed by atoms with Gasteiger partial charge in [0.15, 0.2) is 0 Å². The summed E-state index contributed by atoms with van der Waals surface area (Å²) in [6.07, 6.45) is 3.31. The second kappa shape index (κ2) is 4.74. The molecule has 1 saturated heterocycles. The Balaban J connectivity index is 2.45. The maximum absolute atomic E-state index is 5.93. The highest BCUT2D eigenvalue weighted by atomic mass is 32.1. The van der Waals surface area contributed by atoms with E-state index >= 15 is 0 Å². The number of aromatic amines is 1. The van der Waals surface area contributed by atoms with E-state index in [-0.39, 0.29) is 11.0 Å². The lowest BCUT2D eigenvalue weighted by Gasteiger charge is -2.33. The molecule has 1 atom stereocenters. The van der Waals surface area contributed by atoms with Crippen LogP contribution in [0.3, 0.4) is 0 Å². The molecule has 3 nitrogen and oxygen atoms in total. The molecule has 0 aliphatic carbocycles. The van der Waals surface area contributed by atoms with E-state index in [2.05, 4.69) is 37.7 Å². The van der Waals surface area contributed by atoms with Crippen molar-refractivity contribution >= 4 is 12.2 Å². The van der Waals surface area contributed by atoms with Gasteiger partial charge in [-0.15, -0.1) is 0 Å². The van der Waals surface area contributed by atoms with Crippen molar-refractivity contribution in [2.45, 2.75) is 58.0 Å². The molecule has 0 saturated carbocycles. The molecule has 100 valence electrons. The van der Waals surface area contributed by atoms with Gasteiger partial charge in [-0.1, -0.05) is 33.0 Å². The van der Waals surface area contributed by atoms with Crippen molar-refractivity contribution in [1.29, 1.82) is 0 Å². The molecule has 1 N–H and O–H groups in total. The molecular weight excluding hydrogens is 244 g/mol. The molecule has 0 radical (unpaired) electrons. The van der Waals surface area contributed by atoms with Gasteiger partial charge in [0.05, 0.1) is 0 Å². The van der Waals surface area contributed by atoms with Gasteiger partial charge in [-0.2, -0.15) is 0 Å². The van der Waals surface area contributed by atoms with Crippen molar-refractivity contribution in [1.82, 2.24) is 9.97 Å². The Morgan fingerprint density at radius 1 is 1.39 bits per heavy atom. The second-order valence-corrected chi connectivity index (χ2v) is 6.69. The van der Waals surface area contributed by atoms with Crippen LogP contribution in [0.15, 0.2) is 6.07 Å². The van der Waals surface area contributed by atoms with Crippen molar-refractivity contribution in [3.63, 3.8) is 0 Å². The van der Waals surface area contributed by atoms with E-state index in [0.29, 0.717) is 4.64 Å². The van der Waals surface area contributed by atoms with E-state index in [1.807, 2.05) is 6.07 Å². The quantitative estimate of drug-likeness (QED) is 0.785. The van der Waals surface area contributed by atoms with Gasteiger partial charge >= 0.3 is 0 Å². The number of ether oxygens (including phenoxy) is 1. The molecule has 0 bridgehead atoms. The maximum Gasteiger partial charge on any atom is 0.140 e. The summed E-state index contributed by atoms with van der Waals surface area (Å²) < 4.78 is 6.58. The Morgan fingerprint density at radius 3 is 2.67 bits per heavy atom. The van der Waals surface area contributed by atoms with Crippen LogP contribution in [0.1, 0.15) is 58.5 Å². The molecule has 4 heteroatoms. The van der Waals surface area contributed by atoms with Crippen molar-refractivity contribution in [2.24, 2.45) is 0 Å². The molecule has 18 heavy (non-hydrogen) atoms. The van der Waals surface area contributed by atoms with E-state index in [1.165, 1.54) is 6.42 Å². The maximum atomic E-state index is 5.93. The van der Waals surface area contributed by atoms with E-state index < -0.39 is 0 Å². The van der Waals surface area contributed by atoms with Crippen LogP contribution in [0.25, 0.3) is 0 Å². The van der Waals surface area contributed by atoms with Crippen LogP contribution in [0.5, 0.6) is 0 Å². The van der Waals surface area contributed by atoms with Gasteiger partial charge in [0, 0.05) is 17.7 Å². The van der Waals surface area contributed by atoms with Crippen molar-refractivity contribution in [3.05, 3.63) is 22.2 Å². The number of hydrogen-bond acceptors (Lipinski definition) is 3. The molecule has 1 aliphatic heterocycles. The van der Waals surface area contributed by atoms with Gasteiger partial charge in [-0.05, 0) is 32.3 Å². The molecule has 1 aromatic rings. The topological polar surface area (TPSA) is 37.9 Å². The third kappa shape index (κ3) is 2.81. The normalized spacial score (nSPS) is 25.1. The summed E-state index contributed by atoms with van der Waals surface area (Å²) in [5.41, 5.74) is 0.844. The van der Waals surface area contributed by atoms with Crippen LogP contribution < -0.4 is 0 Å². The van der Waals surface area contributed by atoms with Crippen LogP contribution in [0, 0.1) is 4.64 Å². The third-order valence-corrected chi connectivity index (χ3v) is 3.73. The Morgan fingerprint density at radius 2 is 2.11 bits per heavy atom. The summed E-state index contributed by atoms with van der Waals surface area (Å²) in [7, 11) is 0. The summed E-state index contributed by atoms with van der Waals surface area (Å²) >= 11 is 5.29. The van der Waals surface area contributed by atoms with Gasteiger partial charge < -0.3 is 9.72 Å². The summed E-state index contributed by atoms with van der Waals surface area (Å²) in [6.45, 7) is 9.41. The first-order chi connectivity index (χ1) is 8.31. The Labute approximate surface area is 114 Å². The lowest BCUT2D eigenvalue weighted by molar-refractivity contribution is -0.0763. The Kier molecular flexibility index (Phi) is 3.60. The van der Waals surface area contributed by atoms with Gasteiger partial charge in [0.1, 0.15) is 16.1 Å². The highest BCUT2D eigenvalue weighted by Gasteiger charge is 2.33. The highest BCUT2D eigenvalue weighted by molar-refractivity contribution is 7.71. The first-order valence-corrected chi connectivity index (χ1v) is 6.98. The molecule has 1 unspecified atom stereocenters. The fourth-order valence-electron chi connectivity index (χ4n) is 2.23. The lowest BCUT2D eigenvalue weighted by atomic mass is 9.90. The number of nitrogens with zero attached hydrogens (tertiary/aromatic N) is 1. The fraction of sp³-hybridized carbons (Fsp3) is 0.714. The van der Waals surface area contributed by atoms with Crippen LogP contribution >= 0.6 is 12.2 Å². The zero-order chi connectivity index (χ0) is 13.4. The minimum absolute atomic E-state index is 0.0380. The number of rotatable bonds is 1. The van der Waals surface area contributed by atoms with Crippen molar-refractivity contribution in [2.75, 3.05) is 6.61 Å². The van der Waals surface area contributed by atoms with Crippen molar-refractivity contribution < 1.29 is 4.74 Å². The SMILES string of the molecule is CC(C)(C)c1cc(=S)nc(C2(C)CCCCO2)[nH]1. The smallest absolute Gasteiger partial charge is 0.140 e. The van der Waals surface area contributed by atoms with Crippen LogP contribution in [0.2, 0.25) is 0 Å². The highest BCUT2D eigenvalue weighted by Crippen LogP contribution is 2.33. The Bertz CT molecular complexity index is 481. The van der Waals surface area contributed by atoms with Gasteiger partial charge in [-0.25, -0.2) is 4.98 Å². The fourth-order valence-corrected chi connectivity index (χ4v) is 2.44. The molecule has 0 aromatic carbocycles. The number of H-pyrrole nitrogens is 1. The van der Waals surface area contributed by atoms with Crippen molar-refractivity contribution in [3.8, 4) is 0 Å². The molecule has 1 aromatic heterocycles. The second-order valence-electron chi connectivity index (χ2n) is 6.27. The van der Waals surface area contributed by atoms with Gasteiger partial charge in [0.25, 0.3) is 0 Å². The molecule has 0 spiro atoms. The summed E-state index contributed by atoms with van der Waals surface area (Å²) in [5, 5.41) is 0. The first kappa shape index (κ1) is 13.7. The standard InChI is InChI=1S/C14H22N2OS/c1-13(2,3)10-9-11(18)16-12(15-10)14(4)7-5-6-8-17-14/h9H,5-8H2,1-4H3,(H,15,16,18).